The van der Waals surface area contributed by atoms with Gasteiger partial charge in [0, 0.05) is 43.3 Å². The molecule has 168 valence electrons. The van der Waals surface area contributed by atoms with Crippen LogP contribution in [0, 0.1) is 11.3 Å². The number of nitrogens with zero attached hydrogens (tertiary/aromatic N) is 2. The number of halogens is 1. The van der Waals surface area contributed by atoms with Gasteiger partial charge in [-0.15, -0.1) is 0 Å². The third kappa shape index (κ3) is 6.84. The lowest BCUT2D eigenvalue weighted by molar-refractivity contribution is 0.131. The van der Waals surface area contributed by atoms with Gasteiger partial charge in [0.2, 0.25) is 0 Å². The lowest BCUT2D eigenvalue weighted by Gasteiger charge is -2.32. The molecule has 2 fully saturated rings. The standard InChI is InChI=1S/C23H37ClN4O2/c1-2-25-22(27-17-23(9-13-29)10-14-30-18-23)26-15-19-7-11-28(12-8-19)16-20-5-3-4-6-21(20)24/h3-6,19,29H,2,7-18H2,1H3,(H2,25,26,27). The molecule has 2 heterocycles. The number of aliphatic hydroxyl groups excluding tert-OH is 1. The van der Waals surface area contributed by atoms with Crippen LogP contribution in [0.25, 0.3) is 0 Å². The highest BCUT2D eigenvalue weighted by Crippen LogP contribution is 2.32. The van der Waals surface area contributed by atoms with E-state index in [9.17, 15) is 5.11 Å². The number of piperidine rings is 1. The lowest BCUT2D eigenvalue weighted by atomic mass is 9.84. The molecule has 0 radical (unpaired) electrons. The number of hydrogen-bond acceptors (Lipinski definition) is 4. The third-order valence-corrected chi connectivity index (χ3v) is 6.73. The van der Waals surface area contributed by atoms with Crippen molar-refractivity contribution < 1.29 is 9.84 Å². The molecule has 2 aliphatic heterocycles. The van der Waals surface area contributed by atoms with Crippen molar-refractivity contribution in [3.63, 3.8) is 0 Å². The first-order valence-electron chi connectivity index (χ1n) is 11.3. The first kappa shape index (κ1) is 23.3. The fourth-order valence-electron chi connectivity index (χ4n) is 4.33. The first-order chi connectivity index (χ1) is 14.6. The van der Waals surface area contributed by atoms with Gasteiger partial charge in [0.25, 0.3) is 0 Å². The van der Waals surface area contributed by atoms with Crippen molar-refractivity contribution >= 4 is 17.6 Å². The van der Waals surface area contributed by atoms with Crippen LogP contribution in [-0.4, -0.2) is 68.5 Å². The van der Waals surface area contributed by atoms with Gasteiger partial charge < -0.3 is 20.5 Å². The summed E-state index contributed by atoms with van der Waals surface area (Å²) in [6, 6.07) is 8.13. The molecule has 3 rings (SSSR count). The number of aliphatic imine (C=N–C) groups is 1. The van der Waals surface area contributed by atoms with Crippen LogP contribution in [0.15, 0.2) is 29.3 Å². The molecule has 0 amide bonds. The van der Waals surface area contributed by atoms with E-state index < -0.39 is 0 Å². The number of guanidine groups is 1. The van der Waals surface area contributed by atoms with E-state index in [1.54, 1.807) is 0 Å². The van der Waals surface area contributed by atoms with E-state index >= 15 is 0 Å². The zero-order chi connectivity index (χ0) is 21.2. The second kappa shape index (κ2) is 11.9. The Labute approximate surface area is 186 Å². The Morgan fingerprint density at radius 2 is 2.10 bits per heavy atom. The van der Waals surface area contributed by atoms with E-state index in [2.05, 4.69) is 34.6 Å². The summed E-state index contributed by atoms with van der Waals surface area (Å²) in [5.41, 5.74) is 1.20. The Kier molecular flexibility index (Phi) is 9.25. The third-order valence-electron chi connectivity index (χ3n) is 6.36. The average Bonchev–Trinajstić information content (AvgIpc) is 3.22. The molecule has 0 saturated carbocycles. The molecular formula is C23H37ClN4O2. The summed E-state index contributed by atoms with van der Waals surface area (Å²) in [6.07, 6.45) is 4.08. The van der Waals surface area contributed by atoms with Crippen LogP contribution < -0.4 is 10.6 Å². The molecule has 1 unspecified atom stereocenters. The average molecular weight is 437 g/mol. The Hall–Kier alpha value is -1.34. The minimum Gasteiger partial charge on any atom is -0.396 e. The highest BCUT2D eigenvalue weighted by atomic mass is 35.5. The van der Waals surface area contributed by atoms with Crippen molar-refractivity contribution in [2.75, 3.05) is 52.5 Å². The maximum Gasteiger partial charge on any atom is 0.191 e. The molecule has 7 heteroatoms. The van der Waals surface area contributed by atoms with Crippen LogP contribution in [-0.2, 0) is 11.3 Å². The van der Waals surface area contributed by atoms with Gasteiger partial charge in [-0.1, -0.05) is 29.8 Å². The zero-order valence-electron chi connectivity index (χ0n) is 18.2. The number of rotatable bonds is 9. The van der Waals surface area contributed by atoms with Gasteiger partial charge >= 0.3 is 0 Å². The van der Waals surface area contributed by atoms with Gasteiger partial charge in [-0.05, 0) is 63.2 Å². The summed E-state index contributed by atoms with van der Waals surface area (Å²) in [4.78, 5) is 7.33. The van der Waals surface area contributed by atoms with Crippen molar-refractivity contribution in [2.45, 2.75) is 39.2 Å². The van der Waals surface area contributed by atoms with Crippen molar-refractivity contribution in [2.24, 2.45) is 16.3 Å². The smallest absolute Gasteiger partial charge is 0.191 e. The van der Waals surface area contributed by atoms with Gasteiger partial charge in [-0.2, -0.15) is 0 Å². The molecule has 1 aromatic rings. The van der Waals surface area contributed by atoms with Crippen LogP contribution in [0.3, 0.4) is 0 Å². The fourth-order valence-corrected chi connectivity index (χ4v) is 4.53. The molecule has 3 N–H and O–H groups in total. The quantitative estimate of drug-likeness (QED) is 0.410. The highest BCUT2D eigenvalue weighted by molar-refractivity contribution is 6.31. The van der Waals surface area contributed by atoms with Crippen molar-refractivity contribution in [3.8, 4) is 0 Å². The van der Waals surface area contributed by atoms with Gasteiger partial charge in [-0.25, -0.2) is 0 Å². The molecule has 1 atom stereocenters. The number of aliphatic hydroxyl groups is 1. The normalized spacial score (nSPS) is 23.6. The van der Waals surface area contributed by atoms with Crippen LogP contribution in [0.1, 0.15) is 38.2 Å². The summed E-state index contributed by atoms with van der Waals surface area (Å²) < 4.78 is 5.59. The SMILES string of the molecule is CCNC(=NCC1(CCO)CCOC1)NCC1CCN(Cc2ccccc2Cl)CC1. The predicted octanol–water partition coefficient (Wildman–Crippen LogP) is 2.90. The molecule has 0 aliphatic carbocycles. The molecule has 0 aromatic heterocycles. The topological polar surface area (TPSA) is 69.1 Å². The van der Waals surface area contributed by atoms with Crippen LogP contribution >= 0.6 is 11.6 Å². The maximum absolute atomic E-state index is 9.42. The predicted molar refractivity (Wildman–Crippen MR) is 123 cm³/mol. The summed E-state index contributed by atoms with van der Waals surface area (Å²) in [5.74, 6) is 1.53. The zero-order valence-corrected chi connectivity index (χ0v) is 19.0. The van der Waals surface area contributed by atoms with Gasteiger partial charge in [-0.3, -0.25) is 9.89 Å². The number of hydrogen-bond donors (Lipinski definition) is 3. The van der Waals surface area contributed by atoms with Crippen LogP contribution in [0.2, 0.25) is 5.02 Å². The lowest BCUT2D eigenvalue weighted by Crippen LogP contribution is -2.43. The van der Waals surface area contributed by atoms with Gasteiger partial charge in [0.1, 0.15) is 0 Å². The second-order valence-electron chi connectivity index (χ2n) is 8.66. The Balaban J connectivity index is 1.44. The summed E-state index contributed by atoms with van der Waals surface area (Å²) in [5, 5.41) is 17.2. The maximum atomic E-state index is 9.42. The molecule has 6 nitrogen and oxygen atoms in total. The molecule has 30 heavy (non-hydrogen) atoms. The molecule has 0 bridgehead atoms. The molecule has 1 aromatic carbocycles. The highest BCUT2D eigenvalue weighted by Gasteiger charge is 2.34. The Morgan fingerprint density at radius 1 is 1.30 bits per heavy atom. The number of nitrogens with one attached hydrogen (secondary N) is 2. The van der Waals surface area contributed by atoms with Crippen molar-refractivity contribution in [3.05, 3.63) is 34.9 Å². The molecule has 2 aliphatic rings. The van der Waals surface area contributed by atoms with Crippen LogP contribution in [0.5, 0.6) is 0 Å². The van der Waals surface area contributed by atoms with E-state index in [4.69, 9.17) is 21.3 Å². The largest absolute Gasteiger partial charge is 0.396 e. The number of benzene rings is 1. The second-order valence-corrected chi connectivity index (χ2v) is 9.07. The van der Waals surface area contributed by atoms with E-state index in [0.717, 1.165) is 63.2 Å². The Morgan fingerprint density at radius 3 is 2.77 bits per heavy atom. The van der Waals surface area contributed by atoms with Crippen molar-refractivity contribution in [1.29, 1.82) is 0 Å². The minimum atomic E-state index is -0.0127. The van der Waals surface area contributed by atoms with Gasteiger partial charge in [0.05, 0.1) is 13.2 Å². The molecule has 2 saturated heterocycles. The minimum absolute atomic E-state index is 0.0127. The summed E-state index contributed by atoms with van der Waals surface area (Å²) in [6.45, 7) is 9.35. The monoisotopic (exact) mass is 436 g/mol. The van der Waals surface area contributed by atoms with Gasteiger partial charge in [0.15, 0.2) is 5.96 Å². The van der Waals surface area contributed by atoms with E-state index in [1.807, 2.05) is 12.1 Å². The van der Waals surface area contributed by atoms with Crippen molar-refractivity contribution in [1.82, 2.24) is 15.5 Å². The number of ether oxygens (including phenoxy) is 1. The van der Waals surface area contributed by atoms with E-state index in [1.165, 1.54) is 18.4 Å². The molecule has 0 spiro atoms. The number of likely N-dealkylation sites (tertiary alicyclic amines) is 1. The molecular weight excluding hydrogens is 400 g/mol. The van der Waals surface area contributed by atoms with E-state index in [-0.39, 0.29) is 12.0 Å². The van der Waals surface area contributed by atoms with Crippen LogP contribution in [0.4, 0.5) is 0 Å². The summed E-state index contributed by atoms with van der Waals surface area (Å²) >= 11 is 6.31. The fraction of sp³-hybridized carbons (Fsp3) is 0.696. The summed E-state index contributed by atoms with van der Waals surface area (Å²) in [7, 11) is 0. The van der Waals surface area contributed by atoms with E-state index in [0.29, 0.717) is 19.1 Å². The first-order valence-corrected chi connectivity index (χ1v) is 11.7. The Bertz CT molecular complexity index is 671.